The van der Waals surface area contributed by atoms with Crippen LogP contribution in [-0.2, 0) is 17.7 Å². The number of aryl methyl sites for hydroxylation is 2. The van der Waals surface area contributed by atoms with E-state index in [4.69, 9.17) is 13.8 Å². The van der Waals surface area contributed by atoms with Crippen molar-refractivity contribution in [1.29, 1.82) is 0 Å². The third-order valence-electron chi connectivity index (χ3n) is 6.46. The van der Waals surface area contributed by atoms with Gasteiger partial charge in [-0.2, -0.15) is 10.1 Å². The predicted molar refractivity (Wildman–Crippen MR) is 112 cm³/mol. The van der Waals surface area contributed by atoms with Crippen LogP contribution in [0.1, 0.15) is 59.2 Å². The Hall–Kier alpha value is -3.01. The molecule has 1 unspecified atom stereocenters. The van der Waals surface area contributed by atoms with Crippen LogP contribution in [0.25, 0.3) is 0 Å². The fraction of sp³-hybridized carbons (Fsp3) is 0.591. The van der Waals surface area contributed by atoms with Gasteiger partial charge in [0.15, 0.2) is 17.3 Å². The summed E-state index contributed by atoms with van der Waals surface area (Å²) in [5.41, 5.74) is 1.24. The Morgan fingerprint density at radius 1 is 1.22 bits per heavy atom. The molecule has 5 heterocycles. The van der Waals surface area contributed by atoms with Crippen LogP contribution in [0.4, 0.5) is 0 Å². The van der Waals surface area contributed by atoms with E-state index in [1.165, 1.54) is 0 Å². The molecule has 170 valence electrons. The second-order valence-electron chi connectivity index (χ2n) is 9.01. The van der Waals surface area contributed by atoms with E-state index in [1.807, 2.05) is 24.9 Å². The standard InChI is InChI=1S/C22H28N6O4/c1-15-12-23-28(13-15)14-18-10-19(25-32-18)21(29)27-6-4-22(5-7-27)11-17(3-8-30-22)9-20-24-16(2)31-26-20/h10,12-13,17H,3-9,11,14H2,1-2H3. The Bertz CT molecular complexity index is 1080. The van der Waals surface area contributed by atoms with E-state index < -0.39 is 0 Å². The average Bonchev–Trinajstić information content (AvgIpc) is 3.51. The first kappa shape index (κ1) is 20.9. The van der Waals surface area contributed by atoms with E-state index in [-0.39, 0.29) is 11.5 Å². The Labute approximate surface area is 185 Å². The fourth-order valence-electron chi connectivity index (χ4n) is 4.82. The van der Waals surface area contributed by atoms with Crippen LogP contribution in [0, 0.1) is 19.8 Å². The van der Waals surface area contributed by atoms with E-state index >= 15 is 0 Å². The highest BCUT2D eigenvalue weighted by molar-refractivity contribution is 5.92. The number of ether oxygens (including phenoxy) is 1. The van der Waals surface area contributed by atoms with Crippen LogP contribution in [0.5, 0.6) is 0 Å². The van der Waals surface area contributed by atoms with Crippen molar-refractivity contribution in [3.63, 3.8) is 0 Å². The smallest absolute Gasteiger partial charge is 0.276 e. The van der Waals surface area contributed by atoms with Crippen molar-refractivity contribution in [3.05, 3.63) is 47.2 Å². The summed E-state index contributed by atoms with van der Waals surface area (Å²) in [5.74, 6) is 2.35. The van der Waals surface area contributed by atoms with Crippen molar-refractivity contribution >= 4 is 5.91 Å². The maximum absolute atomic E-state index is 13.0. The number of piperidine rings is 1. The molecule has 1 amide bonds. The van der Waals surface area contributed by atoms with Crippen molar-refractivity contribution in [3.8, 4) is 0 Å². The number of hydrogen-bond acceptors (Lipinski definition) is 8. The van der Waals surface area contributed by atoms with Crippen molar-refractivity contribution in [1.82, 2.24) is 30.0 Å². The molecule has 3 aromatic heterocycles. The van der Waals surface area contributed by atoms with Crippen LogP contribution in [0.15, 0.2) is 27.5 Å². The molecule has 2 aliphatic heterocycles. The number of carbonyl (C=O) groups is 1. The quantitative estimate of drug-likeness (QED) is 0.595. The molecule has 1 atom stereocenters. The second kappa shape index (κ2) is 8.50. The van der Waals surface area contributed by atoms with E-state index in [1.54, 1.807) is 16.9 Å². The van der Waals surface area contributed by atoms with Gasteiger partial charge in [0.25, 0.3) is 5.91 Å². The van der Waals surface area contributed by atoms with Crippen molar-refractivity contribution in [2.45, 2.75) is 58.1 Å². The molecule has 2 fully saturated rings. The van der Waals surface area contributed by atoms with Crippen molar-refractivity contribution in [2.75, 3.05) is 19.7 Å². The Balaban J connectivity index is 1.16. The lowest BCUT2D eigenvalue weighted by Gasteiger charge is -2.46. The summed E-state index contributed by atoms with van der Waals surface area (Å²) in [6.07, 6.45) is 8.10. The Morgan fingerprint density at radius 3 is 2.78 bits per heavy atom. The van der Waals surface area contributed by atoms with Crippen LogP contribution < -0.4 is 0 Å². The minimum absolute atomic E-state index is 0.0962. The van der Waals surface area contributed by atoms with Gasteiger partial charge in [-0.05, 0) is 44.1 Å². The molecular formula is C22H28N6O4. The zero-order valence-electron chi connectivity index (χ0n) is 18.5. The summed E-state index contributed by atoms with van der Waals surface area (Å²) in [5, 5.41) is 12.3. The number of nitrogens with zero attached hydrogens (tertiary/aromatic N) is 6. The molecule has 1 spiro atoms. The first-order valence-corrected chi connectivity index (χ1v) is 11.2. The third kappa shape index (κ3) is 4.45. The molecule has 5 rings (SSSR count). The summed E-state index contributed by atoms with van der Waals surface area (Å²) < 4.78 is 18.5. The van der Waals surface area contributed by atoms with E-state index in [0.29, 0.717) is 42.9 Å². The monoisotopic (exact) mass is 440 g/mol. The third-order valence-corrected chi connectivity index (χ3v) is 6.46. The second-order valence-corrected chi connectivity index (χ2v) is 9.01. The zero-order valence-corrected chi connectivity index (χ0v) is 18.5. The number of amides is 1. The highest BCUT2D eigenvalue weighted by atomic mass is 16.5. The minimum atomic E-state index is -0.175. The summed E-state index contributed by atoms with van der Waals surface area (Å²) in [4.78, 5) is 19.2. The minimum Gasteiger partial charge on any atom is -0.375 e. The van der Waals surface area contributed by atoms with Gasteiger partial charge in [-0.15, -0.1) is 0 Å². The van der Waals surface area contributed by atoms with Gasteiger partial charge in [0.05, 0.1) is 11.8 Å². The van der Waals surface area contributed by atoms with E-state index in [9.17, 15) is 4.79 Å². The first-order valence-electron chi connectivity index (χ1n) is 11.2. The molecule has 3 aromatic rings. The SMILES string of the molecule is Cc1cnn(Cc2cc(C(=O)N3CCC4(CC3)CC(Cc3noc(C)n3)CCO4)no2)c1. The summed E-state index contributed by atoms with van der Waals surface area (Å²) >= 11 is 0. The van der Waals surface area contributed by atoms with Gasteiger partial charge in [0, 0.05) is 45.3 Å². The van der Waals surface area contributed by atoms with Gasteiger partial charge in [-0.3, -0.25) is 9.48 Å². The van der Waals surface area contributed by atoms with Gasteiger partial charge in [-0.1, -0.05) is 10.3 Å². The summed E-state index contributed by atoms with van der Waals surface area (Å²) in [7, 11) is 0. The van der Waals surface area contributed by atoms with Crippen LogP contribution in [0.3, 0.4) is 0 Å². The van der Waals surface area contributed by atoms with Gasteiger partial charge >= 0.3 is 0 Å². The van der Waals surface area contributed by atoms with Crippen molar-refractivity contribution < 1.29 is 18.6 Å². The van der Waals surface area contributed by atoms with Crippen molar-refractivity contribution in [2.24, 2.45) is 5.92 Å². The molecular weight excluding hydrogens is 412 g/mol. The van der Waals surface area contributed by atoms with Gasteiger partial charge in [-0.25, -0.2) is 0 Å². The lowest BCUT2D eigenvalue weighted by molar-refractivity contribution is -0.123. The normalized spacial score (nSPS) is 20.7. The molecule has 0 bridgehead atoms. The lowest BCUT2D eigenvalue weighted by atomic mass is 9.78. The molecule has 0 aromatic carbocycles. The molecule has 0 N–H and O–H groups in total. The number of hydrogen-bond donors (Lipinski definition) is 0. The topological polar surface area (TPSA) is 112 Å². The van der Waals surface area contributed by atoms with Gasteiger partial charge < -0.3 is 18.7 Å². The first-order chi connectivity index (χ1) is 15.5. The van der Waals surface area contributed by atoms with Crippen LogP contribution in [0.2, 0.25) is 0 Å². The summed E-state index contributed by atoms with van der Waals surface area (Å²) in [6, 6.07) is 1.71. The number of carbonyl (C=O) groups excluding carboxylic acids is 1. The average molecular weight is 441 g/mol. The molecule has 10 nitrogen and oxygen atoms in total. The number of aromatic nitrogens is 5. The van der Waals surface area contributed by atoms with E-state index in [2.05, 4.69) is 20.4 Å². The molecule has 0 aliphatic carbocycles. The number of rotatable bonds is 5. The molecule has 0 saturated carbocycles. The maximum atomic E-state index is 13.0. The number of likely N-dealkylation sites (tertiary alicyclic amines) is 1. The van der Waals surface area contributed by atoms with E-state index in [0.717, 1.165) is 50.1 Å². The molecule has 0 radical (unpaired) electrons. The Kier molecular flexibility index (Phi) is 5.54. The van der Waals surface area contributed by atoms with Gasteiger partial charge in [0.1, 0.15) is 6.54 Å². The highest BCUT2D eigenvalue weighted by Gasteiger charge is 2.41. The molecule has 32 heavy (non-hydrogen) atoms. The largest absolute Gasteiger partial charge is 0.375 e. The summed E-state index contributed by atoms with van der Waals surface area (Å²) in [6.45, 7) is 6.26. The van der Waals surface area contributed by atoms with Gasteiger partial charge in [0.2, 0.25) is 5.89 Å². The predicted octanol–water partition coefficient (Wildman–Crippen LogP) is 2.56. The fourth-order valence-corrected chi connectivity index (χ4v) is 4.82. The Morgan fingerprint density at radius 2 is 2.06 bits per heavy atom. The maximum Gasteiger partial charge on any atom is 0.276 e. The van der Waals surface area contributed by atoms with Crippen LogP contribution >= 0.6 is 0 Å². The van der Waals surface area contributed by atoms with Crippen LogP contribution in [-0.4, -0.2) is 61.2 Å². The molecule has 10 heteroatoms. The lowest BCUT2D eigenvalue weighted by Crippen LogP contribution is -2.51. The molecule has 2 saturated heterocycles. The highest BCUT2D eigenvalue weighted by Crippen LogP contribution is 2.38. The zero-order chi connectivity index (χ0) is 22.1. The molecule has 2 aliphatic rings.